The quantitative estimate of drug-likeness (QED) is 0.614. The molecule has 2 nitrogen and oxygen atoms in total. The summed E-state index contributed by atoms with van der Waals surface area (Å²) in [4.78, 5) is 0. The summed E-state index contributed by atoms with van der Waals surface area (Å²) in [5.74, 6) is 0. The maximum absolute atomic E-state index is 12.5. The van der Waals surface area contributed by atoms with Crippen LogP contribution in [0.1, 0.15) is 17.5 Å². The molecule has 6 heteroatoms. The van der Waals surface area contributed by atoms with E-state index in [2.05, 4.69) is 22.8 Å². The predicted octanol–water partition coefficient (Wildman–Crippen LogP) is 4.62. The summed E-state index contributed by atoms with van der Waals surface area (Å²) in [5.41, 5.74) is 1.11. The Balaban J connectivity index is 1.72. The van der Waals surface area contributed by atoms with Gasteiger partial charge in [-0.1, -0.05) is 30.3 Å². The van der Waals surface area contributed by atoms with Gasteiger partial charge in [0.2, 0.25) is 0 Å². The number of rotatable bonds is 5. The Morgan fingerprint density at radius 2 is 1.61 bits per heavy atom. The molecule has 0 spiro atoms. The highest BCUT2D eigenvalue weighted by atomic mass is 32.1. The summed E-state index contributed by atoms with van der Waals surface area (Å²) in [6.07, 6.45) is -2.47. The van der Waals surface area contributed by atoms with Crippen LogP contribution in [0.2, 0.25) is 0 Å². The topological polar surface area (TPSA) is 24.1 Å². The molecule has 0 aliphatic rings. The van der Waals surface area contributed by atoms with Crippen molar-refractivity contribution in [3.05, 3.63) is 65.7 Å². The molecule has 0 saturated carbocycles. The Kier molecular flexibility index (Phi) is 5.98. The summed E-state index contributed by atoms with van der Waals surface area (Å²) in [5, 5.41) is 6.32. The zero-order chi connectivity index (χ0) is 16.7. The van der Waals surface area contributed by atoms with Crippen LogP contribution in [0.15, 0.2) is 54.6 Å². The fraction of sp³-hybridized carbons (Fsp3) is 0.235. The number of halogens is 3. The van der Waals surface area contributed by atoms with Crippen LogP contribution in [0.4, 0.5) is 18.9 Å². The van der Waals surface area contributed by atoms with Crippen molar-refractivity contribution in [1.29, 1.82) is 0 Å². The molecular formula is C17H17F3N2S. The molecule has 0 saturated heterocycles. The molecule has 0 aliphatic carbocycles. The molecule has 0 aromatic heterocycles. The smallest absolute Gasteiger partial charge is 0.362 e. The zero-order valence-corrected chi connectivity index (χ0v) is 13.2. The fourth-order valence-corrected chi connectivity index (χ4v) is 2.28. The van der Waals surface area contributed by atoms with E-state index in [0.717, 1.165) is 25.0 Å². The Bertz CT molecular complexity index is 625. The lowest BCUT2D eigenvalue weighted by molar-refractivity contribution is -0.137. The Hall–Kier alpha value is -2.08. The molecule has 0 radical (unpaired) electrons. The molecule has 0 heterocycles. The van der Waals surface area contributed by atoms with Gasteiger partial charge in [-0.15, -0.1) is 0 Å². The number of aryl methyl sites for hydroxylation is 1. The molecule has 2 rings (SSSR count). The first kappa shape index (κ1) is 17.3. The Morgan fingerprint density at radius 3 is 2.22 bits per heavy atom. The molecule has 0 unspecified atom stereocenters. The molecule has 0 atom stereocenters. The van der Waals surface area contributed by atoms with Crippen molar-refractivity contribution in [2.24, 2.45) is 0 Å². The number of anilines is 1. The third-order valence-electron chi connectivity index (χ3n) is 3.24. The highest BCUT2D eigenvalue weighted by Gasteiger charge is 2.29. The van der Waals surface area contributed by atoms with Crippen molar-refractivity contribution in [3.8, 4) is 0 Å². The van der Waals surface area contributed by atoms with Gasteiger partial charge in [0.05, 0.1) is 5.56 Å². The van der Waals surface area contributed by atoms with Gasteiger partial charge in [-0.25, -0.2) is 0 Å². The molecule has 0 bridgehead atoms. The standard InChI is InChI=1S/C17H17F3N2S/c18-17(19,20)14-8-10-15(11-9-14)22-16(23)21-12-4-7-13-5-2-1-3-6-13/h1-3,5-6,8-11H,4,7,12H2,(H2,21,22,23). The minimum Gasteiger partial charge on any atom is -0.362 e. The highest BCUT2D eigenvalue weighted by Crippen LogP contribution is 2.29. The number of benzene rings is 2. The van der Waals surface area contributed by atoms with Crippen molar-refractivity contribution in [2.75, 3.05) is 11.9 Å². The van der Waals surface area contributed by atoms with Crippen molar-refractivity contribution >= 4 is 23.0 Å². The van der Waals surface area contributed by atoms with E-state index in [0.29, 0.717) is 17.3 Å². The number of hydrogen-bond acceptors (Lipinski definition) is 1. The first-order valence-corrected chi connectivity index (χ1v) is 7.62. The van der Waals surface area contributed by atoms with Gasteiger partial charge < -0.3 is 10.6 Å². The second-order valence-corrected chi connectivity index (χ2v) is 5.45. The lowest BCUT2D eigenvalue weighted by atomic mass is 10.1. The van der Waals surface area contributed by atoms with Crippen LogP contribution in [-0.2, 0) is 12.6 Å². The van der Waals surface area contributed by atoms with E-state index in [1.165, 1.54) is 17.7 Å². The van der Waals surface area contributed by atoms with Crippen molar-refractivity contribution in [1.82, 2.24) is 5.32 Å². The van der Waals surface area contributed by atoms with Crippen LogP contribution >= 0.6 is 12.2 Å². The van der Waals surface area contributed by atoms with Gasteiger partial charge >= 0.3 is 6.18 Å². The number of thiocarbonyl (C=S) groups is 1. The molecule has 0 aliphatic heterocycles. The van der Waals surface area contributed by atoms with Crippen LogP contribution in [0.5, 0.6) is 0 Å². The maximum Gasteiger partial charge on any atom is 0.416 e. The number of nitrogens with one attached hydrogen (secondary N) is 2. The van der Waals surface area contributed by atoms with E-state index < -0.39 is 11.7 Å². The van der Waals surface area contributed by atoms with E-state index >= 15 is 0 Å². The van der Waals surface area contributed by atoms with Gasteiger partial charge in [-0.05, 0) is 54.9 Å². The number of hydrogen-bond donors (Lipinski definition) is 2. The molecule has 2 N–H and O–H groups in total. The van der Waals surface area contributed by atoms with Gasteiger partial charge in [0.1, 0.15) is 0 Å². The summed E-state index contributed by atoms with van der Waals surface area (Å²) in [7, 11) is 0. The summed E-state index contributed by atoms with van der Waals surface area (Å²) >= 11 is 5.13. The summed E-state index contributed by atoms with van der Waals surface area (Å²) < 4.78 is 37.4. The Morgan fingerprint density at radius 1 is 0.957 bits per heavy atom. The third-order valence-corrected chi connectivity index (χ3v) is 3.49. The van der Waals surface area contributed by atoms with E-state index in [4.69, 9.17) is 12.2 Å². The van der Waals surface area contributed by atoms with Crippen molar-refractivity contribution < 1.29 is 13.2 Å². The van der Waals surface area contributed by atoms with E-state index in [1.54, 1.807) is 0 Å². The van der Waals surface area contributed by atoms with E-state index in [-0.39, 0.29) is 0 Å². The second-order valence-electron chi connectivity index (χ2n) is 5.05. The zero-order valence-electron chi connectivity index (χ0n) is 12.4. The first-order chi connectivity index (χ1) is 10.9. The highest BCUT2D eigenvalue weighted by molar-refractivity contribution is 7.80. The second kappa shape index (κ2) is 7.97. The molecule has 23 heavy (non-hydrogen) atoms. The largest absolute Gasteiger partial charge is 0.416 e. The lowest BCUT2D eigenvalue weighted by Gasteiger charge is -2.12. The fourth-order valence-electron chi connectivity index (χ4n) is 2.06. The molecule has 0 fully saturated rings. The third kappa shape index (κ3) is 5.90. The molecule has 0 amide bonds. The van der Waals surface area contributed by atoms with Crippen LogP contribution in [0.25, 0.3) is 0 Å². The lowest BCUT2D eigenvalue weighted by Crippen LogP contribution is -2.29. The minimum absolute atomic E-state index is 0.401. The molecule has 2 aromatic carbocycles. The van der Waals surface area contributed by atoms with E-state index in [1.807, 2.05) is 18.2 Å². The Labute approximate surface area is 138 Å². The molecule has 122 valence electrons. The SMILES string of the molecule is FC(F)(F)c1ccc(NC(=S)NCCCc2ccccc2)cc1. The van der Waals surface area contributed by atoms with Crippen LogP contribution in [-0.4, -0.2) is 11.7 Å². The molecule has 2 aromatic rings. The minimum atomic E-state index is -4.32. The summed E-state index contributed by atoms with van der Waals surface area (Å²) in [6.45, 7) is 0.696. The van der Waals surface area contributed by atoms with Crippen LogP contribution < -0.4 is 10.6 Å². The normalized spacial score (nSPS) is 11.1. The van der Waals surface area contributed by atoms with Crippen molar-refractivity contribution in [3.63, 3.8) is 0 Å². The molecular weight excluding hydrogens is 321 g/mol. The van der Waals surface area contributed by atoms with E-state index in [9.17, 15) is 13.2 Å². The first-order valence-electron chi connectivity index (χ1n) is 7.21. The van der Waals surface area contributed by atoms with Crippen molar-refractivity contribution in [2.45, 2.75) is 19.0 Å². The maximum atomic E-state index is 12.5. The van der Waals surface area contributed by atoms with Gasteiger partial charge in [-0.2, -0.15) is 13.2 Å². The summed E-state index contributed by atoms with van der Waals surface area (Å²) in [6, 6.07) is 14.9. The van der Waals surface area contributed by atoms with Crippen LogP contribution in [0.3, 0.4) is 0 Å². The van der Waals surface area contributed by atoms with Gasteiger partial charge in [0.15, 0.2) is 5.11 Å². The monoisotopic (exact) mass is 338 g/mol. The van der Waals surface area contributed by atoms with Gasteiger partial charge in [0, 0.05) is 12.2 Å². The average Bonchev–Trinajstić information content (AvgIpc) is 2.52. The number of alkyl halides is 3. The van der Waals surface area contributed by atoms with Gasteiger partial charge in [0.25, 0.3) is 0 Å². The average molecular weight is 338 g/mol. The van der Waals surface area contributed by atoms with Crippen LogP contribution in [0, 0.1) is 0 Å². The van der Waals surface area contributed by atoms with Gasteiger partial charge in [-0.3, -0.25) is 0 Å². The predicted molar refractivity (Wildman–Crippen MR) is 90.4 cm³/mol.